The van der Waals surface area contributed by atoms with Crippen LogP contribution in [0.25, 0.3) is 0 Å². The zero-order chi connectivity index (χ0) is 19.1. The van der Waals surface area contributed by atoms with Crippen LogP contribution in [0.3, 0.4) is 0 Å². The minimum Gasteiger partial charge on any atom is -0.497 e. The van der Waals surface area contributed by atoms with Crippen molar-refractivity contribution < 1.29 is 23.8 Å². The molecule has 1 unspecified atom stereocenters. The molecule has 2 aromatic carbocycles. The molecule has 6 heteroatoms. The maximum Gasteiger partial charge on any atom is 0.347 e. The van der Waals surface area contributed by atoms with E-state index in [1.165, 1.54) is 0 Å². The highest BCUT2D eigenvalue weighted by Gasteiger charge is 2.17. The van der Waals surface area contributed by atoms with Crippen molar-refractivity contribution in [2.75, 3.05) is 12.4 Å². The molecule has 0 heterocycles. The summed E-state index contributed by atoms with van der Waals surface area (Å²) < 4.78 is 15.7. The highest BCUT2D eigenvalue weighted by atomic mass is 16.6. The van der Waals surface area contributed by atoms with Crippen LogP contribution in [0, 0.1) is 0 Å². The zero-order valence-electron chi connectivity index (χ0n) is 15.3. The van der Waals surface area contributed by atoms with Gasteiger partial charge in [0.15, 0.2) is 6.10 Å². The van der Waals surface area contributed by atoms with Crippen LogP contribution in [0.2, 0.25) is 0 Å². The third-order valence-corrected chi connectivity index (χ3v) is 3.46. The summed E-state index contributed by atoms with van der Waals surface area (Å²) in [6.07, 6.45) is -0.922. The summed E-state index contributed by atoms with van der Waals surface area (Å²) in [5.41, 5.74) is 1.15. The topological polar surface area (TPSA) is 73.9 Å². The van der Waals surface area contributed by atoms with E-state index in [4.69, 9.17) is 14.2 Å². The molecule has 138 valence electrons. The lowest BCUT2D eigenvalue weighted by atomic mass is 10.2. The molecule has 0 radical (unpaired) electrons. The lowest BCUT2D eigenvalue weighted by molar-refractivity contribution is -0.154. The molecular formula is C20H23NO5. The SMILES string of the molecule is COc1ccc(NC(=O)c2ccc(OC(C)C(=O)OC(C)C)cc2)cc1. The summed E-state index contributed by atoms with van der Waals surface area (Å²) in [4.78, 5) is 24.0. The number of carbonyl (C=O) groups excluding carboxylic acids is 2. The molecule has 1 N–H and O–H groups in total. The molecule has 1 atom stereocenters. The first kappa shape index (κ1) is 19.3. The van der Waals surface area contributed by atoms with Gasteiger partial charge in [0.2, 0.25) is 0 Å². The highest BCUT2D eigenvalue weighted by molar-refractivity contribution is 6.04. The van der Waals surface area contributed by atoms with Gasteiger partial charge < -0.3 is 19.5 Å². The molecule has 0 saturated carbocycles. The number of esters is 1. The summed E-state index contributed by atoms with van der Waals surface area (Å²) in [6, 6.07) is 13.6. The van der Waals surface area contributed by atoms with E-state index in [1.54, 1.807) is 76.4 Å². The second kappa shape index (κ2) is 8.89. The van der Waals surface area contributed by atoms with Crippen LogP contribution in [-0.2, 0) is 9.53 Å². The summed E-state index contributed by atoms with van der Waals surface area (Å²) in [5, 5.41) is 2.80. The van der Waals surface area contributed by atoms with E-state index in [0.29, 0.717) is 17.0 Å². The Balaban J connectivity index is 1.95. The molecule has 0 fully saturated rings. The molecule has 6 nitrogen and oxygen atoms in total. The van der Waals surface area contributed by atoms with E-state index in [9.17, 15) is 9.59 Å². The maximum absolute atomic E-state index is 12.3. The fraction of sp³-hybridized carbons (Fsp3) is 0.300. The third-order valence-electron chi connectivity index (χ3n) is 3.46. The first-order valence-electron chi connectivity index (χ1n) is 8.31. The van der Waals surface area contributed by atoms with Crippen LogP contribution in [0.15, 0.2) is 48.5 Å². The first-order valence-corrected chi connectivity index (χ1v) is 8.31. The van der Waals surface area contributed by atoms with Crippen LogP contribution in [0.4, 0.5) is 5.69 Å². The van der Waals surface area contributed by atoms with Crippen molar-refractivity contribution in [3.8, 4) is 11.5 Å². The predicted molar refractivity (Wildman–Crippen MR) is 98.7 cm³/mol. The lowest BCUT2D eigenvalue weighted by Crippen LogP contribution is -2.28. The minimum atomic E-state index is -0.726. The van der Waals surface area contributed by atoms with Gasteiger partial charge in [-0.3, -0.25) is 4.79 Å². The Labute approximate surface area is 153 Å². The molecule has 2 aromatic rings. The molecule has 2 rings (SSSR count). The number of nitrogens with one attached hydrogen (secondary N) is 1. The van der Waals surface area contributed by atoms with Crippen molar-refractivity contribution >= 4 is 17.6 Å². The molecule has 0 aliphatic rings. The van der Waals surface area contributed by atoms with E-state index in [2.05, 4.69) is 5.32 Å². The number of amides is 1. The molecule has 0 spiro atoms. The quantitative estimate of drug-likeness (QED) is 0.766. The van der Waals surface area contributed by atoms with Gasteiger partial charge in [-0.25, -0.2) is 4.79 Å². The van der Waals surface area contributed by atoms with Crippen molar-refractivity contribution in [2.45, 2.75) is 33.0 Å². The second-order valence-corrected chi connectivity index (χ2v) is 5.95. The molecule has 26 heavy (non-hydrogen) atoms. The van der Waals surface area contributed by atoms with Gasteiger partial charge in [0.25, 0.3) is 5.91 Å². The normalized spacial score (nSPS) is 11.6. The monoisotopic (exact) mass is 357 g/mol. The molecule has 0 saturated heterocycles. The van der Waals surface area contributed by atoms with E-state index in [0.717, 1.165) is 5.75 Å². The van der Waals surface area contributed by atoms with Crippen molar-refractivity contribution in [1.82, 2.24) is 0 Å². The Bertz CT molecular complexity index is 738. The number of ether oxygens (including phenoxy) is 3. The van der Waals surface area contributed by atoms with E-state index in [-0.39, 0.29) is 12.0 Å². The first-order chi connectivity index (χ1) is 12.4. The van der Waals surface area contributed by atoms with E-state index < -0.39 is 12.1 Å². The number of carbonyl (C=O) groups is 2. The Kier molecular flexibility index (Phi) is 6.60. The minimum absolute atomic E-state index is 0.197. The standard InChI is InChI=1S/C20H23NO5/c1-13(2)25-20(23)14(3)26-18-9-5-15(6-10-18)19(22)21-16-7-11-17(24-4)12-8-16/h5-14H,1-4H3,(H,21,22). The Morgan fingerprint density at radius 3 is 2.00 bits per heavy atom. The maximum atomic E-state index is 12.3. The number of hydrogen-bond donors (Lipinski definition) is 1. The number of rotatable bonds is 7. The van der Waals surface area contributed by atoms with Crippen LogP contribution < -0.4 is 14.8 Å². The lowest BCUT2D eigenvalue weighted by Gasteiger charge is -2.16. The average molecular weight is 357 g/mol. The van der Waals surface area contributed by atoms with Crippen LogP contribution in [0.5, 0.6) is 11.5 Å². The summed E-state index contributed by atoms with van der Waals surface area (Å²) in [5.74, 6) is 0.532. The largest absolute Gasteiger partial charge is 0.497 e. The second-order valence-electron chi connectivity index (χ2n) is 5.95. The van der Waals surface area contributed by atoms with Crippen molar-refractivity contribution in [1.29, 1.82) is 0 Å². The van der Waals surface area contributed by atoms with Crippen LogP contribution in [0.1, 0.15) is 31.1 Å². The van der Waals surface area contributed by atoms with Crippen molar-refractivity contribution in [3.05, 3.63) is 54.1 Å². The molecule has 0 aliphatic carbocycles. The summed E-state index contributed by atoms with van der Waals surface area (Å²) >= 11 is 0. The van der Waals surface area contributed by atoms with Gasteiger partial charge in [-0.2, -0.15) is 0 Å². The number of methoxy groups -OCH3 is 1. The Hall–Kier alpha value is -3.02. The van der Waals surface area contributed by atoms with Gasteiger partial charge in [0.1, 0.15) is 11.5 Å². The fourth-order valence-electron chi connectivity index (χ4n) is 2.14. The number of hydrogen-bond acceptors (Lipinski definition) is 5. The molecular weight excluding hydrogens is 334 g/mol. The summed E-state index contributed by atoms with van der Waals surface area (Å²) in [7, 11) is 1.58. The van der Waals surface area contributed by atoms with Gasteiger partial charge in [0.05, 0.1) is 13.2 Å². The Morgan fingerprint density at radius 2 is 1.46 bits per heavy atom. The van der Waals surface area contributed by atoms with Crippen LogP contribution in [-0.4, -0.2) is 31.2 Å². The number of anilines is 1. The van der Waals surface area contributed by atoms with Gasteiger partial charge in [0, 0.05) is 11.3 Å². The third kappa shape index (κ3) is 5.51. The molecule has 1 amide bonds. The van der Waals surface area contributed by atoms with Crippen LogP contribution >= 0.6 is 0 Å². The van der Waals surface area contributed by atoms with Crippen molar-refractivity contribution in [3.63, 3.8) is 0 Å². The summed E-state index contributed by atoms with van der Waals surface area (Å²) in [6.45, 7) is 5.18. The smallest absolute Gasteiger partial charge is 0.347 e. The average Bonchev–Trinajstić information content (AvgIpc) is 2.62. The molecule has 0 aliphatic heterocycles. The van der Waals surface area contributed by atoms with Gasteiger partial charge >= 0.3 is 5.97 Å². The Morgan fingerprint density at radius 1 is 0.885 bits per heavy atom. The molecule has 0 bridgehead atoms. The fourth-order valence-corrected chi connectivity index (χ4v) is 2.14. The van der Waals surface area contributed by atoms with E-state index in [1.807, 2.05) is 0 Å². The van der Waals surface area contributed by atoms with Gasteiger partial charge in [-0.1, -0.05) is 0 Å². The molecule has 0 aromatic heterocycles. The zero-order valence-corrected chi connectivity index (χ0v) is 15.3. The highest BCUT2D eigenvalue weighted by Crippen LogP contribution is 2.18. The number of benzene rings is 2. The van der Waals surface area contributed by atoms with Gasteiger partial charge in [-0.05, 0) is 69.3 Å². The predicted octanol–water partition coefficient (Wildman–Crippen LogP) is 3.67. The van der Waals surface area contributed by atoms with Crippen molar-refractivity contribution in [2.24, 2.45) is 0 Å². The van der Waals surface area contributed by atoms with E-state index >= 15 is 0 Å². The van der Waals surface area contributed by atoms with Gasteiger partial charge in [-0.15, -0.1) is 0 Å².